The van der Waals surface area contributed by atoms with Crippen LogP contribution in [-0.4, -0.2) is 0 Å². The molecule has 0 aliphatic carbocycles. The average molecular weight is 246 g/mol. The van der Waals surface area contributed by atoms with Crippen molar-refractivity contribution in [1.82, 2.24) is 0 Å². The van der Waals surface area contributed by atoms with Gasteiger partial charge in [0.1, 0.15) is 0 Å². The number of hydrogen-bond donors (Lipinski definition) is 0. The zero-order valence-electron chi connectivity index (χ0n) is 11.3. The van der Waals surface area contributed by atoms with Crippen molar-refractivity contribution in [3.8, 4) is 11.8 Å². The third kappa shape index (κ3) is 3.86. The second-order valence-electron chi connectivity index (χ2n) is 4.55. The maximum atomic E-state index is 4.10. The molecule has 0 aromatic heterocycles. The van der Waals surface area contributed by atoms with Crippen LogP contribution in [0, 0.1) is 11.8 Å². The highest BCUT2D eigenvalue weighted by Crippen LogP contribution is 2.17. The molecule has 0 amide bonds. The third-order valence-electron chi connectivity index (χ3n) is 2.97. The van der Waals surface area contributed by atoms with Crippen LogP contribution in [0.1, 0.15) is 36.5 Å². The Morgan fingerprint density at radius 3 is 2.05 bits per heavy atom. The van der Waals surface area contributed by atoms with Gasteiger partial charge >= 0.3 is 0 Å². The summed E-state index contributed by atoms with van der Waals surface area (Å²) in [7, 11) is 0. The topological polar surface area (TPSA) is 0 Å². The molecule has 2 rings (SSSR count). The molecule has 0 nitrogen and oxygen atoms in total. The van der Waals surface area contributed by atoms with Crippen molar-refractivity contribution in [2.45, 2.75) is 19.8 Å². The first kappa shape index (κ1) is 13.2. The van der Waals surface area contributed by atoms with Gasteiger partial charge < -0.3 is 0 Å². The van der Waals surface area contributed by atoms with Gasteiger partial charge in [0, 0.05) is 11.1 Å². The van der Waals surface area contributed by atoms with Gasteiger partial charge in [-0.3, -0.25) is 0 Å². The second kappa shape index (κ2) is 6.61. The van der Waals surface area contributed by atoms with E-state index < -0.39 is 0 Å². The van der Waals surface area contributed by atoms with Crippen molar-refractivity contribution < 1.29 is 0 Å². The molecule has 2 aromatic rings. The summed E-state index contributed by atoms with van der Waals surface area (Å²) in [4.78, 5) is 0. The molecule has 94 valence electrons. The fraction of sp³-hybridized carbons (Fsp3) is 0.158. The zero-order valence-corrected chi connectivity index (χ0v) is 11.3. The van der Waals surface area contributed by atoms with Gasteiger partial charge in [-0.1, -0.05) is 62.1 Å². The molecule has 2 aromatic carbocycles. The second-order valence-corrected chi connectivity index (χ2v) is 4.55. The summed E-state index contributed by atoms with van der Waals surface area (Å²) in [5, 5.41) is 0. The Morgan fingerprint density at radius 2 is 1.47 bits per heavy atom. The van der Waals surface area contributed by atoms with Gasteiger partial charge in [-0.2, -0.15) is 0 Å². The van der Waals surface area contributed by atoms with E-state index in [0.29, 0.717) is 0 Å². The van der Waals surface area contributed by atoms with Crippen molar-refractivity contribution in [2.24, 2.45) is 0 Å². The lowest BCUT2D eigenvalue weighted by Gasteiger charge is -2.03. The largest absolute Gasteiger partial charge is 0.0952 e. The van der Waals surface area contributed by atoms with Crippen LogP contribution >= 0.6 is 0 Å². The van der Waals surface area contributed by atoms with E-state index in [9.17, 15) is 0 Å². The lowest BCUT2D eigenvalue weighted by Crippen LogP contribution is -1.83. The van der Waals surface area contributed by atoms with Crippen LogP contribution in [-0.2, 0) is 0 Å². The molecular formula is C19H18. The number of benzene rings is 2. The molecule has 0 saturated carbocycles. The van der Waals surface area contributed by atoms with Crippen molar-refractivity contribution in [1.29, 1.82) is 0 Å². The van der Waals surface area contributed by atoms with Gasteiger partial charge in [0.05, 0.1) is 0 Å². The Kier molecular flexibility index (Phi) is 4.59. The predicted molar refractivity (Wildman–Crippen MR) is 82.8 cm³/mol. The molecular weight excluding hydrogens is 228 g/mol. The van der Waals surface area contributed by atoms with Gasteiger partial charge in [-0.05, 0) is 41.8 Å². The fourth-order valence-electron chi connectivity index (χ4n) is 1.90. The van der Waals surface area contributed by atoms with Crippen molar-refractivity contribution in [3.05, 3.63) is 77.9 Å². The van der Waals surface area contributed by atoms with Crippen LogP contribution in [0.5, 0.6) is 0 Å². The minimum atomic E-state index is 1.04. The summed E-state index contributed by atoms with van der Waals surface area (Å²) in [6, 6.07) is 18.4. The Bertz CT molecular complexity index is 592. The van der Waals surface area contributed by atoms with Crippen LogP contribution in [0.15, 0.2) is 61.2 Å². The maximum absolute atomic E-state index is 4.10. The summed E-state index contributed by atoms with van der Waals surface area (Å²) in [5.41, 5.74) is 4.50. The van der Waals surface area contributed by atoms with Crippen LogP contribution in [0.4, 0.5) is 0 Å². The molecule has 0 saturated heterocycles. The fourth-order valence-corrected chi connectivity index (χ4v) is 1.90. The molecule has 0 heteroatoms. The van der Waals surface area contributed by atoms with Gasteiger partial charge in [0.25, 0.3) is 0 Å². The highest BCUT2D eigenvalue weighted by atomic mass is 14.0. The highest BCUT2D eigenvalue weighted by Gasteiger charge is 1.97. The molecule has 0 aliphatic rings. The number of allylic oxidation sites excluding steroid dienone is 1. The zero-order chi connectivity index (χ0) is 13.5. The molecule has 0 atom stereocenters. The molecule has 0 heterocycles. The molecule has 0 unspecified atom stereocenters. The van der Waals surface area contributed by atoms with E-state index >= 15 is 0 Å². The standard InChI is InChI=1S/C19H18/c1-3-7-16(2)19-14-12-18(13-15-19)11-10-17-8-5-4-6-9-17/h4-6,8-9,12-15H,2-3,7H2,1H3. The summed E-state index contributed by atoms with van der Waals surface area (Å²) in [6.45, 7) is 6.27. The van der Waals surface area contributed by atoms with Crippen molar-refractivity contribution in [3.63, 3.8) is 0 Å². The first-order valence-corrected chi connectivity index (χ1v) is 6.65. The van der Waals surface area contributed by atoms with E-state index in [1.165, 1.54) is 11.1 Å². The summed E-state index contributed by atoms with van der Waals surface area (Å²) >= 11 is 0. The van der Waals surface area contributed by atoms with Crippen LogP contribution in [0.2, 0.25) is 0 Å². The van der Waals surface area contributed by atoms with Gasteiger partial charge in [-0.15, -0.1) is 0 Å². The first-order chi connectivity index (χ1) is 9.29. The Morgan fingerprint density at radius 1 is 0.895 bits per heavy atom. The quantitative estimate of drug-likeness (QED) is 0.676. The molecule has 0 bridgehead atoms. The van der Waals surface area contributed by atoms with E-state index in [2.05, 4.69) is 49.6 Å². The Hall–Kier alpha value is -2.26. The SMILES string of the molecule is C=C(CCC)c1ccc(C#Cc2ccccc2)cc1. The predicted octanol–water partition coefficient (Wildman–Crippen LogP) is 4.90. The normalized spacial score (nSPS) is 9.53. The van der Waals surface area contributed by atoms with E-state index in [-0.39, 0.29) is 0 Å². The first-order valence-electron chi connectivity index (χ1n) is 6.65. The third-order valence-corrected chi connectivity index (χ3v) is 2.97. The summed E-state index contributed by atoms with van der Waals surface area (Å²) < 4.78 is 0. The van der Waals surface area contributed by atoms with Gasteiger partial charge in [0.15, 0.2) is 0 Å². The van der Waals surface area contributed by atoms with Crippen LogP contribution in [0.3, 0.4) is 0 Å². The van der Waals surface area contributed by atoms with Crippen molar-refractivity contribution in [2.75, 3.05) is 0 Å². The van der Waals surface area contributed by atoms with Crippen LogP contribution < -0.4 is 0 Å². The number of hydrogen-bond acceptors (Lipinski definition) is 0. The van der Waals surface area contributed by atoms with E-state index in [1.54, 1.807) is 0 Å². The monoisotopic (exact) mass is 246 g/mol. The molecule has 0 spiro atoms. The Labute approximate surface area is 115 Å². The lowest BCUT2D eigenvalue weighted by atomic mass is 10.0. The average Bonchev–Trinajstić information content (AvgIpc) is 2.47. The Balaban J connectivity index is 2.12. The van der Waals surface area contributed by atoms with E-state index in [4.69, 9.17) is 0 Å². The van der Waals surface area contributed by atoms with E-state index in [0.717, 1.165) is 24.0 Å². The molecule has 0 radical (unpaired) electrons. The maximum Gasteiger partial charge on any atom is 0.0249 e. The minimum Gasteiger partial charge on any atom is -0.0952 e. The van der Waals surface area contributed by atoms with Gasteiger partial charge in [-0.25, -0.2) is 0 Å². The molecule has 0 fully saturated rings. The van der Waals surface area contributed by atoms with E-state index in [1.807, 2.05) is 30.3 Å². The lowest BCUT2D eigenvalue weighted by molar-refractivity contribution is 0.975. The van der Waals surface area contributed by atoms with Gasteiger partial charge in [0.2, 0.25) is 0 Å². The highest BCUT2D eigenvalue weighted by molar-refractivity contribution is 5.64. The summed E-state index contributed by atoms with van der Waals surface area (Å²) in [6.07, 6.45) is 2.18. The molecule has 19 heavy (non-hydrogen) atoms. The van der Waals surface area contributed by atoms with Crippen LogP contribution in [0.25, 0.3) is 5.57 Å². The number of rotatable bonds is 3. The smallest absolute Gasteiger partial charge is 0.0249 e. The molecule has 0 aliphatic heterocycles. The minimum absolute atomic E-state index is 1.04. The molecule has 0 N–H and O–H groups in total. The van der Waals surface area contributed by atoms with Crippen molar-refractivity contribution >= 4 is 5.57 Å². The summed E-state index contributed by atoms with van der Waals surface area (Å²) in [5.74, 6) is 6.34.